The van der Waals surface area contributed by atoms with Crippen LogP contribution >= 0.6 is 34.2 Å². The first-order valence-electron chi connectivity index (χ1n) is 6.79. The first-order valence-corrected chi connectivity index (χ1v) is 8.25. The van der Waals surface area contributed by atoms with E-state index in [1.54, 1.807) is 52.8 Å². The Morgan fingerprint density at radius 3 is 2.36 bits per heavy atom. The topological polar surface area (TPSA) is 58.6 Å². The lowest BCUT2D eigenvalue weighted by Crippen LogP contribution is -2.51. The standard InChI is InChI=1S/C15H20ClIN2O3/c1-9(2)19(18-14(21)22-15(3,4)5)13(20)11-7-6-10(16)8-12(11)17/h6-9H,1-5H3,(H,18,21). The molecule has 1 aromatic carbocycles. The van der Waals surface area contributed by atoms with Gasteiger partial charge in [0.05, 0.1) is 5.56 Å². The highest BCUT2D eigenvalue weighted by atomic mass is 127. The molecule has 0 aliphatic rings. The van der Waals surface area contributed by atoms with Gasteiger partial charge in [-0.3, -0.25) is 4.79 Å². The largest absolute Gasteiger partial charge is 0.443 e. The fourth-order valence-electron chi connectivity index (χ4n) is 1.61. The van der Waals surface area contributed by atoms with E-state index in [4.69, 9.17) is 16.3 Å². The normalized spacial score (nSPS) is 11.3. The van der Waals surface area contributed by atoms with Crippen LogP contribution in [0.2, 0.25) is 5.02 Å². The zero-order valence-electron chi connectivity index (χ0n) is 13.2. The molecule has 7 heteroatoms. The van der Waals surface area contributed by atoms with Crippen LogP contribution in [0.1, 0.15) is 45.0 Å². The van der Waals surface area contributed by atoms with E-state index in [2.05, 4.69) is 5.43 Å². The molecule has 0 heterocycles. The van der Waals surface area contributed by atoms with Crippen molar-refractivity contribution in [1.29, 1.82) is 0 Å². The first-order chi connectivity index (χ1) is 10.0. The highest BCUT2D eigenvalue weighted by molar-refractivity contribution is 14.1. The minimum Gasteiger partial charge on any atom is -0.443 e. The summed E-state index contributed by atoms with van der Waals surface area (Å²) < 4.78 is 5.90. The number of nitrogens with one attached hydrogen (secondary N) is 1. The van der Waals surface area contributed by atoms with Crippen molar-refractivity contribution in [2.24, 2.45) is 0 Å². The number of nitrogens with zero attached hydrogens (tertiary/aromatic N) is 1. The molecule has 2 amide bonds. The van der Waals surface area contributed by atoms with Crippen LogP contribution in [0.15, 0.2) is 18.2 Å². The quantitative estimate of drug-likeness (QED) is 0.555. The third-order valence-electron chi connectivity index (χ3n) is 2.51. The zero-order chi connectivity index (χ0) is 17.1. The molecule has 0 saturated carbocycles. The number of hydrazine groups is 1. The maximum absolute atomic E-state index is 12.6. The van der Waals surface area contributed by atoms with Gasteiger partial charge >= 0.3 is 6.09 Å². The van der Waals surface area contributed by atoms with Gasteiger partial charge in [-0.15, -0.1) is 0 Å². The fourth-order valence-corrected chi connectivity index (χ4v) is 2.71. The second-order valence-electron chi connectivity index (χ2n) is 6.01. The van der Waals surface area contributed by atoms with Crippen molar-refractivity contribution < 1.29 is 14.3 Å². The molecule has 0 aliphatic carbocycles. The zero-order valence-corrected chi connectivity index (χ0v) is 16.2. The monoisotopic (exact) mass is 438 g/mol. The Balaban J connectivity index is 2.95. The molecule has 0 fully saturated rings. The Morgan fingerprint density at radius 2 is 1.91 bits per heavy atom. The van der Waals surface area contributed by atoms with Gasteiger partial charge in [-0.2, -0.15) is 0 Å². The van der Waals surface area contributed by atoms with Crippen molar-refractivity contribution in [1.82, 2.24) is 10.4 Å². The van der Waals surface area contributed by atoms with Gasteiger partial charge in [0.1, 0.15) is 5.60 Å². The van der Waals surface area contributed by atoms with E-state index < -0.39 is 11.7 Å². The lowest BCUT2D eigenvalue weighted by atomic mass is 10.2. The summed E-state index contributed by atoms with van der Waals surface area (Å²) in [4.78, 5) is 24.5. The van der Waals surface area contributed by atoms with Crippen LogP contribution in [0.25, 0.3) is 0 Å². The minimum absolute atomic E-state index is 0.230. The predicted octanol–water partition coefficient (Wildman–Crippen LogP) is 4.23. The van der Waals surface area contributed by atoms with Crippen molar-refractivity contribution in [3.63, 3.8) is 0 Å². The van der Waals surface area contributed by atoms with Gasteiger partial charge in [-0.1, -0.05) is 11.6 Å². The molecule has 1 rings (SSSR count). The van der Waals surface area contributed by atoms with Crippen molar-refractivity contribution in [3.05, 3.63) is 32.4 Å². The van der Waals surface area contributed by atoms with Crippen LogP contribution in [-0.4, -0.2) is 28.7 Å². The van der Waals surface area contributed by atoms with Crippen LogP contribution in [-0.2, 0) is 4.74 Å². The lowest BCUT2D eigenvalue weighted by Gasteiger charge is -2.29. The number of hydrogen-bond acceptors (Lipinski definition) is 3. The van der Waals surface area contributed by atoms with Gasteiger partial charge in [-0.25, -0.2) is 15.2 Å². The van der Waals surface area contributed by atoms with Gasteiger partial charge in [0, 0.05) is 14.6 Å². The number of carbonyl (C=O) groups excluding carboxylic acids is 2. The molecule has 5 nitrogen and oxygen atoms in total. The fraction of sp³-hybridized carbons (Fsp3) is 0.467. The summed E-state index contributed by atoms with van der Waals surface area (Å²) in [7, 11) is 0. The second-order valence-corrected chi connectivity index (χ2v) is 7.61. The van der Waals surface area contributed by atoms with E-state index in [1.165, 1.54) is 5.01 Å². The lowest BCUT2D eigenvalue weighted by molar-refractivity contribution is 0.0242. The van der Waals surface area contributed by atoms with E-state index >= 15 is 0 Å². The van der Waals surface area contributed by atoms with Crippen LogP contribution in [0, 0.1) is 3.57 Å². The van der Waals surface area contributed by atoms with E-state index in [1.807, 2.05) is 22.6 Å². The molecule has 1 aromatic rings. The molecule has 0 spiro atoms. The molecule has 22 heavy (non-hydrogen) atoms. The highest BCUT2D eigenvalue weighted by Gasteiger charge is 2.25. The van der Waals surface area contributed by atoms with E-state index in [9.17, 15) is 9.59 Å². The minimum atomic E-state index is -0.668. The molecule has 0 radical (unpaired) electrons. The smallest absolute Gasteiger partial charge is 0.426 e. The van der Waals surface area contributed by atoms with E-state index in [0.717, 1.165) is 0 Å². The first kappa shape index (κ1) is 19.0. The summed E-state index contributed by atoms with van der Waals surface area (Å²) in [5.74, 6) is -0.318. The summed E-state index contributed by atoms with van der Waals surface area (Å²) >= 11 is 7.94. The van der Waals surface area contributed by atoms with Gasteiger partial charge in [-0.05, 0) is 75.4 Å². The number of halogens is 2. The van der Waals surface area contributed by atoms with E-state index in [0.29, 0.717) is 14.2 Å². The van der Waals surface area contributed by atoms with E-state index in [-0.39, 0.29) is 11.9 Å². The van der Waals surface area contributed by atoms with Crippen LogP contribution in [0.4, 0.5) is 4.79 Å². The maximum Gasteiger partial charge on any atom is 0.426 e. The average molecular weight is 439 g/mol. The van der Waals surface area contributed by atoms with Crippen molar-refractivity contribution >= 4 is 46.2 Å². The van der Waals surface area contributed by atoms with Crippen LogP contribution in [0.5, 0.6) is 0 Å². The SMILES string of the molecule is CC(C)N(NC(=O)OC(C)(C)C)C(=O)c1ccc(Cl)cc1I. The highest BCUT2D eigenvalue weighted by Crippen LogP contribution is 2.20. The molecule has 0 saturated heterocycles. The summed E-state index contributed by atoms with van der Waals surface area (Å²) in [6.07, 6.45) is -0.668. The van der Waals surface area contributed by atoms with Gasteiger partial charge in [0.2, 0.25) is 0 Å². The van der Waals surface area contributed by atoms with Crippen molar-refractivity contribution in [2.75, 3.05) is 0 Å². The van der Waals surface area contributed by atoms with Gasteiger partial charge in [0.25, 0.3) is 5.91 Å². The summed E-state index contributed by atoms with van der Waals surface area (Å²) in [5, 5.41) is 1.80. The average Bonchev–Trinajstić information content (AvgIpc) is 2.32. The summed E-state index contributed by atoms with van der Waals surface area (Å²) in [6.45, 7) is 8.89. The maximum atomic E-state index is 12.6. The van der Waals surface area contributed by atoms with Gasteiger partial charge < -0.3 is 4.74 Å². The van der Waals surface area contributed by atoms with Crippen LogP contribution in [0.3, 0.4) is 0 Å². The Labute approximate surface area is 149 Å². The molecular weight excluding hydrogens is 419 g/mol. The Morgan fingerprint density at radius 1 is 1.32 bits per heavy atom. The van der Waals surface area contributed by atoms with Crippen molar-refractivity contribution in [3.8, 4) is 0 Å². The number of hydrogen-bond donors (Lipinski definition) is 1. The number of ether oxygens (including phenoxy) is 1. The number of rotatable bonds is 2. The molecule has 0 aromatic heterocycles. The Kier molecular flexibility index (Phi) is 6.49. The molecule has 0 unspecified atom stereocenters. The van der Waals surface area contributed by atoms with Crippen LogP contribution < -0.4 is 5.43 Å². The third kappa shape index (κ3) is 5.64. The number of amides is 2. The number of carbonyl (C=O) groups is 2. The van der Waals surface area contributed by atoms with Gasteiger partial charge in [0.15, 0.2) is 0 Å². The molecule has 122 valence electrons. The third-order valence-corrected chi connectivity index (χ3v) is 3.63. The summed E-state index contributed by atoms with van der Waals surface area (Å²) in [6, 6.07) is 4.74. The van der Waals surface area contributed by atoms with Crippen molar-refractivity contribution in [2.45, 2.75) is 46.3 Å². The molecule has 0 aliphatic heterocycles. The molecule has 0 bridgehead atoms. The summed E-state index contributed by atoms with van der Waals surface area (Å²) in [5.41, 5.74) is 2.33. The number of benzene rings is 1. The molecule has 0 atom stereocenters. The predicted molar refractivity (Wildman–Crippen MR) is 94.8 cm³/mol. The second kappa shape index (κ2) is 7.50. The molecule has 1 N–H and O–H groups in total. The molecular formula is C15H20ClIN2O3. The Hall–Kier alpha value is -1.02. The Bertz CT molecular complexity index is 570.